The minimum absolute atomic E-state index is 0.159. The van der Waals surface area contributed by atoms with Crippen molar-refractivity contribution in [1.82, 2.24) is 0 Å². The molecule has 1 saturated carbocycles. The number of benzene rings is 3. The van der Waals surface area contributed by atoms with E-state index in [1.54, 1.807) is 25.1 Å². The van der Waals surface area contributed by atoms with E-state index in [0.29, 0.717) is 62.5 Å². The molecule has 0 spiro atoms. The van der Waals surface area contributed by atoms with Gasteiger partial charge in [0.05, 0.1) is 5.92 Å². The highest BCUT2D eigenvalue weighted by Crippen LogP contribution is 2.40. The molecule has 0 N–H and O–H groups in total. The molecule has 1 atom stereocenters. The van der Waals surface area contributed by atoms with Crippen LogP contribution in [0.25, 0.3) is 16.7 Å². The predicted molar refractivity (Wildman–Crippen MR) is 167 cm³/mol. The van der Waals surface area contributed by atoms with Gasteiger partial charge in [0.1, 0.15) is 6.10 Å². The summed E-state index contributed by atoms with van der Waals surface area (Å²) in [5.41, 5.74) is 0.978. The average Bonchev–Trinajstić information content (AvgIpc) is 3.06. The molecule has 1 unspecified atom stereocenters. The van der Waals surface area contributed by atoms with Crippen molar-refractivity contribution in [2.45, 2.75) is 103 Å². The molecule has 2 aliphatic rings. The maximum atomic E-state index is 15.2. The average molecular weight is 643 g/mol. The third-order valence-electron chi connectivity index (χ3n) is 9.64. The van der Waals surface area contributed by atoms with Crippen molar-refractivity contribution >= 4 is 11.5 Å². The normalized spacial score (nSPS) is 20.0. The Morgan fingerprint density at radius 1 is 0.696 bits per heavy atom. The Bertz CT molecular complexity index is 1610. The van der Waals surface area contributed by atoms with Crippen LogP contribution in [-0.4, -0.2) is 12.1 Å². The summed E-state index contributed by atoms with van der Waals surface area (Å²) < 4.78 is 94.7. The zero-order valence-corrected chi connectivity index (χ0v) is 26.3. The summed E-state index contributed by atoms with van der Waals surface area (Å²) in [6, 6.07) is 8.64. The van der Waals surface area contributed by atoms with Crippen molar-refractivity contribution in [2.24, 2.45) is 5.92 Å². The molecule has 3 aromatic carbocycles. The lowest BCUT2D eigenvalue weighted by atomic mass is 9.81. The molecule has 0 radical (unpaired) electrons. The summed E-state index contributed by atoms with van der Waals surface area (Å²) in [6.45, 7) is 3.73. The van der Waals surface area contributed by atoms with E-state index in [-0.39, 0.29) is 52.2 Å². The van der Waals surface area contributed by atoms with Crippen molar-refractivity contribution < 1.29 is 35.9 Å². The molecule has 1 fully saturated rings. The smallest absolute Gasteiger partial charge is 0.309 e. The SMILES string of the molecule is CCCCCc1ccc(C2=CCC(C(=O)OC3CCC(c4ccc(-c5ccc(CC)c(F)c5F)c(F)c4F)CC3)CC2)c(F)c1F. The fourth-order valence-corrected chi connectivity index (χ4v) is 6.80. The van der Waals surface area contributed by atoms with Crippen LogP contribution in [0.5, 0.6) is 0 Å². The molecule has 3 aromatic rings. The Morgan fingerprint density at radius 3 is 1.96 bits per heavy atom. The number of unbranched alkanes of at least 4 members (excludes halogenated alkanes) is 2. The second-order valence-electron chi connectivity index (χ2n) is 12.6. The van der Waals surface area contributed by atoms with Crippen LogP contribution in [0.1, 0.15) is 106 Å². The van der Waals surface area contributed by atoms with Gasteiger partial charge in [-0.1, -0.05) is 69.2 Å². The fourth-order valence-electron chi connectivity index (χ4n) is 6.80. The number of rotatable bonds is 10. The van der Waals surface area contributed by atoms with Crippen molar-refractivity contribution in [3.63, 3.8) is 0 Å². The topological polar surface area (TPSA) is 26.3 Å². The lowest BCUT2D eigenvalue weighted by Crippen LogP contribution is -2.28. The summed E-state index contributed by atoms with van der Waals surface area (Å²) >= 11 is 0. The van der Waals surface area contributed by atoms with E-state index in [4.69, 9.17) is 4.74 Å². The molecule has 0 heterocycles. The Balaban J connectivity index is 1.16. The Kier molecular flexibility index (Phi) is 11.0. The van der Waals surface area contributed by atoms with E-state index >= 15 is 8.78 Å². The first kappa shape index (κ1) is 33.8. The number of carbonyl (C=O) groups excluding carboxylic acids is 1. The number of allylic oxidation sites excluding steroid dienone is 2. The van der Waals surface area contributed by atoms with Gasteiger partial charge in [-0.3, -0.25) is 4.79 Å². The monoisotopic (exact) mass is 642 g/mol. The molecule has 46 heavy (non-hydrogen) atoms. The maximum absolute atomic E-state index is 15.2. The van der Waals surface area contributed by atoms with E-state index < -0.39 is 40.8 Å². The summed E-state index contributed by atoms with van der Waals surface area (Å²) in [4.78, 5) is 13.0. The highest BCUT2D eigenvalue weighted by molar-refractivity contribution is 5.76. The van der Waals surface area contributed by atoms with Crippen LogP contribution in [0.3, 0.4) is 0 Å². The summed E-state index contributed by atoms with van der Waals surface area (Å²) in [5.74, 6) is -7.24. The number of halogens is 6. The standard InChI is InChI=1S/C38H40F6O2/c1-3-5-6-7-25-15-18-28(34(41)33(25)40)23-8-10-26(11-9-23)38(45)46-27-16-12-24(13-17-27)29-20-21-31(37(44)35(29)42)30-19-14-22(4-2)32(39)36(30)43/h8,14-15,18-21,24,26-27H,3-7,9-13,16-17H2,1-2H3. The number of ether oxygens (including phenoxy) is 1. The zero-order chi connectivity index (χ0) is 33.0. The van der Waals surface area contributed by atoms with E-state index in [2.05, 4.69) is 6.92 Å². The minimum atomic E-state index is -1.22. The van der Waals surface area contributed by atoms with Gasteiger partial charge in [-0.25, -0.2) is 26.3 Å². The number of hydrogen-bond donors (Lipinski definition) is 0. The largest absolute Gasteiger partial charge is 0.462 e. The van der Waals surface area contributed by atoms with E-state index in [1.165, 1.54) is 24.3 Å². The van der Waals surface area contributed by atoms with E-state index in [1.807, 2.05) is 0 Å². The van der Waals surface area contributed by atoms with Gasteiger partial charge in [0.25, 0.3) is 0 Å². The van der Waals surface area contributed by atoms with Crippen LogP contribution in [-0.2, 0) is 22.4 Å². The molecule has 0 bridgehead atoms. The van der Waals surface area contributed by atoms with Gasteiger partial charge < -0.3 is 4.74 Å². The second-order valence-corrected chi connectivity index (χ2v) is 12.6. The van der Waals surface area contributed by atoms with Crippen LogP contribution in [0.4, 0.5) is 26.3 Å². The second kappa shape index (κ2) is 14.9. The predicted octanol–water partition coefficient (Wildman–Crippen LogP) is 10.9. The fraction of sp³-hybridized carbons (Fsp3) is 0.447. The van der Waals surface area contributed by atoms with Crippen LogP contribution >= 0.6 is 0 Å². The number of carbonyl (C=O) groups is 1. The molecular weight excluding hydrogens is 602 g/mol. The van der Waals surface area contributed by atoms with Crippen molar-refractivity contribution in [2.75, 3.05) is 0 Å². The molecule has 0 amide bonds. The van der Waals surface area contributed by atoms with Gasteiger partial charge in [0, 0.05) is 16.7 Å². The highest BCUT2D eigenvalue weighted by Gasteiger charge is 2.32. The van der Waals surface area contributed by atoms with Crippen LogP contribution in [0.15, 0.2) is 42.5 Å². The minimum Gasteiger partial charge on any atom is -0.462 e. The molecule has 2 nitrogen and oxygen atoms in total. The quantitative estimate of drug-likeness (QED) is 0.125. The van der Waals surface area contributed by atoms with Gasteiger partial charge in [0.15, 0.2) is 34.9 Å². The van der Waals surface area contributed by atoms with Gasteiger partial charge >= 0.3 is 5.97 Å². The van der Waals surface area contributed by atoms with Gasteiger partial charge in [-0.15, -0.1) is 0 Å². The van der Waals surface area contributed by atoms with Gasteiger partial charge in [-0.05, 0) is 92.4 Å². The van der Waals surface area contributed by atoms with E-state index in [0.717, 1.165) is 19.3 Å². The molecule has 0 saturated heterocycles. The van der Waals surface area contributed by atoms with Crippen LogP contribution < -0.4 is 0 Å². The Labute approximate surface area is 266 Å². The Morgan fingerprint density at radius 2 is 1.30 bits per heavy atom. The molecule has 246 valence electrons. The lowest BCUT2D eigenvalue weighted by Gasteiger charge is -2.30. The molecule has 2 aliphatic carbocycles. The number of hydrogen-bond acceptors (Lipinski definition) is 2. The molecule has 5 rings (SSSR count). The zero-order valence-electron chi connectivity index (χ0n) is 26.3. The van der Waals surface area contributed by atoms with Crippen LogP contribution in [0, 0.1) is 40.8 Å². The summed E-state index contributed by atoms with van der Waals surface area (Å²) in [7, 11) is 0. The molecule has 0 aromatic heterocycles. The highest BCUT2D eigenvalue weighted by atomic mass is 19.2. The maximum Gasteiger partial charge on any atom is 0.309 e. The first-order valence-corrected chi connectivity index (χ1v) is 16.5. The number of aryl methyl sites for hydroxylation is 2. The molecule has 0 aliphatic heterocycles. The molecule has 8 heteroatoms. The van der Waals surface area contributed by atoms with Crippen molar-refractivity contribution in [3.8, 4) is 11.1 Å². The first-order valence-electron chi connectivity index (χ1n) is 16.5. The summed E-state index contributed by atoms with van der Waals surface area (Å²) in [5, 5.41) is 0. The van der Waals surface area contributed by atoms with Crippen molar-refractivity contribution in [1.29, 1.82) is 0 Å². The van der Waals surface area contributed by atoms with Crippen molar-refractivity contribution in [3.05, 3.63) is 99.6 Å². The Hall–Kier alpha value is -3.55. The third-order valence-corrected chi connectivity index (χ3v) is 9.64. The number of esters is 1. The van der Waals surface area contributed by atoms with E-state index in [9.17, 15) is 22.4 Å². The lowest BCUT2D eigenvalue weighted by molar-refractivity contribution is -0.156. The third kappa shape index (κ3) is 7.06. The molecular formula is C38H40F6O2. The summed E-state index contributed by atoms with van der Waals surface area (Å²) in [6.07, 6.45) is 8.11. The van der Waals surface area contributed by atoms with Gasteiger partial charge in [-0.2, -0.15) is 0 Å². The first-order chi connectivity index (χ1) is 22.1. The van der Waals surface area contributed by atoms with Gasteiger partial charge in [0.2, 0.25) is 0 Å². The van der Waals surface area contributed by atoms with Crippen LogP contribution in [0.2, 0.25) is 0 Å².